The summed E-state index contributed by atoms with van der Waals surface area (Å²) in [6.45, 7) is 6.16. The lowest BCUT2D eigenvalue weighted by Crippen LogP contribution is -2.40. The predicted octanol–water partition coefficient (Wildman–Crippen LogP) is 4.98. The molecule has 4 rings (SSSR count). The number of halogens is 1. The fourth-order valence-corrected chi connectivity index (χ4v) is 4.40. The first kappa shape index (κ1) is 20.8. The summed E-state index contributed by atoms with van der Waals surface area (Å²) in [6.07, 6.45) is 3.73. The summed E-state index contributed by atoms with van der Waals surface area (Å²) in [5.41, 5.74) is 1.86. The van der Waals surface area contributed by atoms with E-state index in [9.17, 15) is 9.90 Å². The van der Waals surface area contributed by atoms with Gasteiger partial charge in [-0.3, -0.25) is 9.69 Å². The predicted molar refractivity (Wildman–Crippen MR) is 118 cm³/mol. The fraction of sp³-hybridized carbons (Fsp3) is 0.375. The standard InChI is InChI=1S/C24H27ClN2O3/c1-16-9-11-26(12-10-16)23(18-5-7-19(25)8-6-18)22-21(28)14-17(2)27(24(22)29)15-20-4-3-13-30-20/h3-8,13-14,16,23,28H,9-12,15H2,1-2H3/t23-/m0/s1. The Kier molecular flexibility index (Phi) is 6.02. The highest BCUT2D eigenvalue weighted by Gasteiger charge is 2.31. The SMILES string of the molecule is Cc1cc(O)c([C@H](c2ccc(Cl)cc2)N2CCC(C)CC2)c(=O)n1Cc1ccco1. The Hall–Kier alpha value is -2.50. The molecule has 30 heavy (non-hydrogen) atoms. The molecule has 0 spiro atoms. The second kappa shape index (κ2) is 8.70. The molecule has 0 saturated carbocycles. The van der Waals surface area contributed by atoms with Crippen LogP contribution in [0, 0.1) is 12.8 Å². The summed E-state index contributed by atoms with van der Waals surface area (Å²) in [5, 5.41) is 11.5. The molecule has 1 aromatic carbocycles. The zero-order valence-electron chi connectivity index (χ0n) is 17.3. The van der Waals surface area contributed by atoms with Crippen LogP contribution in [0.3, 0.4) is 0 Å². The van der Waals surface area contributed by atoms with Crippen LogP contribution >= 0.6 is 11.6 Å². The number of piperidine rings is 1. The van der Waals surface area contributed by atoms with E-state index < -0.39 is 0 Å². The average molecular weight is 427 g/mol. The molecule has 0 aliphatic carbocycles. The van der Waals surface area contributed by atoms with Crippen molar-refractivity contribution in [3.8, 4) is 5.75 Å². The number of hydrogen-bond acceptors (Lipinski definition) is 4. The van der Waals surface area contributed by atoms with Crippen molar-refractivity contribution >= 4 is 11.6 Å². The Morgan fingerprint density at radius 1 is 1.20 bits per heavy atom. The topological polar surface area (TPSA) is 58.6 Å². The van der Waals surface area contributed by atoms with Crippen molar-refractivity contribution in [3.63, 3.8) is 0 Å². The molecule has 0 bridgehead atoms. The largest absolute Gasteiger partial charge is 0.507 e. The van der Waals surface area contributed by atoms with E-state index in [-0.39, 0.29) is 17.4 Å². The van der Waals surface area contributed by atoms with Gasteiger partial charge in [-0.05, 0) is 74.7 Å². The minimum Gasteiger partial charge on any atom is -0.507 e. The number of benzene rings is 1. The lowest BCUT2D eigenvalue weighted by molar-refractivity contribution is 0.154. The maximum Gasteiger partial charge on any atom is 0.260 e. The number of furan rings is 1. The number of likely N-dealkylation sites (tertiary alicyclic amines) is 1. The minimum atomic E-state index is -0.328. The van der Waals surface area contributed by atoms with Gasteiger partial charge in [0.1, 0.15) is 11.5 Å². The van der Waals surface area contributed by atoms with Crippen LogP contribution in [0.1, 0.15) is 48.4 Å². The highest BCUT2D eigenvalue weighted by molar-refractivity contribution is 6.30. The zero-order valence-corrected chi connectivity index (χ0v) is 18.1. The van der Waals surface area contributed by atoms with E-state index in [4.69, 9.17) is 16.0 Å². The van der Waals surface area contributed by atoms with E-state index in [1.807, 2.05) is 43.3 Å². The number of aromatic hydroxyl groups is 1. The normalized spacial score (nSPS) is 16.6. The molecule has 0 radical (unpaired) electrons. The molecule has 0 unspecified atom stereocenters. The Bertz CT molecular complexity index is 1050. The number of rotatable bonds is 5. The quantitative estimate of drug-likeness (QED) is 0.625. The Balaban J connectivity index is 1.83. The van der Waals surface area contributed by atoms with Gasteiger partial charge in [0, 0.05) is 10.7 Å². The highest BCUT2D eigenvalue weighted by atomic mass is 35.5. The first-order chi connectivity index (χ1) is 14.4. The number of aryl methyl sites for hydroxylation is 1. The van der Waals surface area contributed by atoms with E-state index in [0.717, 1.165) is 31.5 Å². The van der Waals surface area contributed by atoms with E-state index in [0.29, 0.717) is 34.5 Å². The van der Waals surface area contributed by atoms with Gasteiger partial charge >= 0.3 is 0 Å². The second-order valence-corrected chi connectivity index (χ2v) is 8.66. The molecule has 3 aromatic rings. The summed E-state index contributed by atoms with van der Waals surface area (Å²) in [5.74, 6) is 1.40. The molecule has 1 saturated heterocycles. The number of nitrogens with zero attached hydrogens (tertiary/aromatic N) is 2. The van der Waals surface area contributed by atoms with Crippen molar-refractivity contribution in [1.82, 2.24) is 9.47 Å². The van der Waals surface area contributed by atoms with Gasteiger partial charge in [0.2, 0.25) is 0 Å². The molecule has 2 aromatic heterocycles. The summed E-state index contributed by atoms with van der Waals surface area (Å²) >= 11 is 6.12. The molecule has 1 fully saturated rings. The molecule has 5 nitrogen and oxygen atoms in total. The molecular weight excluding hydrogens is 400 g/mol. The van der Waals surface area contributed by atoms with Crippen LogP contribution in [-0.2, 0) is 6.54 Å². The molecule has 1 N–H and O–H groups in total. The summed E-state index contributed by atoms with van der Waals surface area (Å²) in [7, 11) is 0. The van der Waals surface area contributed by atoms with Crippen molar-refractivity contribution in [2.45, 2.75) is 39.3 Å². The first-order valence-electron chi connectivity index (χ1n) is 10.4. The minimum absolute atomic E-state index is 0.0340. The van der Waals surface area contributed by atoms with Crippen LogP contribution in [0.25, 0.3) is 0 Å². The number of hydrogen-bond donors (Lipinski definition) is 1. The average Bonchev–Trinajstić information content (AvgIpc) is 3.23. The summed E-state index contributed by atoms with van der Waals surface area (Å²) < 4.78 is 7.13. The Labute approximate surface area is 181 Å². The molecule has 6 heteroatoms. The Morgan fingerprint density at radius 3 is 2.53 bits per heavy atom. The third-order valence-corrected chi connectivity index (χ3v) is 6.31. The Morgan fingerprint density at radius 2 is 1.90 bits per heavy atom. The molecule has 3 heterocycles. The molecule has 1 atom stereocenters. The highest BCUT2D eigenvalue weighted by Crippen LogP contribution is 2.35. The maximum atomic E-state index is 13.6. The smallest absolute Gasteiger partial charge is 0.260 e. The van der Waals surface area contributed by atoms with Gasteiger partial charge in [0.25, 0.3) is 5.56 Å². The van der Waals surface area contributed by atoms with Crippen molar-refractivity contribution in [2.24, 2.45) is 5.92 Å². The molecular formula is C24H27ClN2O3. The van der Waals surface area contributed by atoms with Crippen LogP contribution in [0.5, 0.6) is 5.75 Å². The summed E-state index contributed by atoms with van der Waals surface area (Å²) in [4.78, 5) is 15.9. The third kappa shape index (κ3) is 4.18. The van der Waals surface area contributed by atoms with Gasteiger partial charge in [-0.25, -0.2) is 0 Å². The number of pyridine rings is 1. The third-order valence-electron chi connectivity index (χ3n) is 6.06. The maximum absolute atomic E-state index is 13.6. The van der Waals surface area contributed by atoms with Gasteiger partial charge in [-0.15, -0.1) is 0 Å². The molecule has 1 aliphatic heterocycles. The molecule has 0 amide bonds. The van der Waals surface area contributed by atoms with Gasteiger partial charge < -0.3 is 14.1 Å². The van der Waals surface area contributed by atoms with Crippen LogP contribution in [0.4, 0.5) is 0 Å². The van der Waals surface area contributed by atoms with Crippen LogP contribution in [-0.4, -0.2) is 27.7 Å². The van der Waals surface area contributed by atoms with E-state index in [1.54, 1.807) is 16.9 Å². The van der Waals surface area contributed by atoms with E-state index in [1.165, 1.54) is 0 Å². The van der Waals surface area contributed by atoms with Gasteiger partial charge in [0.15, 0.2) is 0 Å². The second-order valence-electron chi connectivity index (χ2n) is 8.23. The summed E-state index contributed by atoms with van der Waals surface area (Å²) in [6, 6.07) is 12.6. The van der Waals surface area contributed by atoms with Gasteiger partial charge in [-0.2, -0.15) is 0 Å². The van der Waals surface area contributed by atoms with E-state index >= 15 is 0 Å². The lowest BCUT2D eigenvalue weighted by atomic mass is 9.92. The first-order valence-corrected chi connectivity index (χ1v) is 10.8. The molecule has 1 aliphatic rings. The van der Waals surface area contributed by atoms with Crippen molar-refractivity contribution in [3.05, 3.63) is 86.7 Å². The van der Waals surface area contributed by atoms with Gasteiger partial charge in [0.05, 0.1) is 24.4 Å². The zero-order chi connectivity index (χ0) is 21.3. The van der Waals surface area contributed by atoms with Crippen molar-refractivity contribution in [2.75, 3.05) is 13.1 Å². The van der Waals surface area contributed by atoms with Crippen molar-refractivity contribution in [1.29, 1.82) is 0 Å². The van der Waals surface area contributed by atoms with Crippen LogP contribution < -0.4 is 5.56 Å². The monoisotopic (exact) mass is 426 g/mol. The number of aromatic nitrogens is 1. The van der Waals surface area contributed by atoms with Crippen molar-refractivity contribution < 1.29 is 9.52 Å². The van der Waals surface area contributed by atoms with Gasteiger partial charge in [-0.1, -0.05) is 30.7 Å². The molecule has 158 valence electrons. The van der Waals surface area contributed by atoms with E-state index in [2.05, 4.69) is 11.8 Å². The van der Waals surface area contributed by atoms with Crippen LogP contribution in [0.15, 0.2) is 57.9 Å². The van der Waals surface area contributed by atoms with Crippen LogP contribution in [0.2, 0.25) is 5.02 Å². The fourth-order valence-electron chi connectivity index (χ4n) is 4.27. The lowest BCUT2D eigenvalue weighted by Gasteiger charge is -2.37.